The fourth-order valence-corrected chi connectivity index (χ4v) is 2.73. The Morgan fingerprint density at radius 2 is 1.56 bits per heavy atom. The van der Waals surface area contributed by atoms with Gasteiger partial charge in [0.05, 0.1) is 0 Å². The van der Waals surface area contributed by atoms with E-state index in [0.29, 0.717) is 0 Å². The summed E-state index contributed by atoms with van der Waals surface area (Å²) < 4.78 is 0. The summed E-state index contributed by atoms with van der Waals surface area (Å²) in [6.07, 6.45) is 0. The van der Waals surface area contributed by atoms with Gasteiger partial charge in [0.2, 0.25) is 0 Å². The third kappa shape index (κ3) is 2.32. The van der Waals surface area contributed by atoms with Crippen LogP contribution in [-0.4, -0.2) is 11.5 Å². The van der Waals surface area contributed by atoms with E-state index in [-0.39, 0.29) is 0 Å². The number of thioether (sulfide) groups is 3. The van der Waals surface area contributed by atoms with Gasteiger partial charge in [-0.15, -0.1) is 23.5 Å². The molecule has 0 aromatic heterocycles. The second-order valence-corrected chi connectivity index (χ2v) is 4.87. The minimum Gasteiger partial charge on any atom is -0.151 e. The minimum absolute atomic E-state index is 1.24. The Labute approximate surface area is 67.5 Å². The Hall–Kier alpha value is 0.530. The van der Waals surface area contributed by atoms with Crippen LogP contribution in [0.2, 0.25) is 0 Å². The molecule has 0 amide bonds. The van der Waals surface area contributed by atoms with Crippen molar-refractivity contribution in [1.82, 2.24) is 0 Å². The van der Waals surface area contributed by atoms with Crippen molar-refractivity contribution in [3.05, 3.63) is 20.6 Å². The fourth-order valence-electron chi connectivity index (χ4n) is 0.472. The summed E-state index contributed by atoms with van der Waals surface area (Å²) in [7, 11) is 0. The minimum atomic E-state index is 1.24. The van der Waals surface area contributed by atoms with Crippen LogP contribution in [0.4, 0.5) is 0 Å². The van der Waals surface area contributed by atoms with Crippen molar-refractivity contribution in [2.75, 3.05) is 11.5 Å². The summed E-state index contributed by atoms with van der Waals surface area (Å²) >= 11 is 5.79. The van der Waals surface area contributed by atoms with Crippen LogP contribution in [0.5, 0.6) is 0 Å². The van der Waals surface area contributed by atoms with Crippen LogP contribution in [0.15, 0.2) is 20.6 Å². The third-order valence-corrected chi connectivity index (χ3v) is 3.88. The van der Waals surface area contributed by atoms with Crippen molar-refractivity contribution in [2.45, 2.75) is 0 Å². The van der Waals surface area contributed by atoms with Crippen molar-refractivity contribution in [1.29, 1.82) is 0 Å². The first-order chi connectivity index (χ1) is 4.45. The van der Waals surface area contributed by atoms with Gasteiger partial charge in [0.25, 0.3) is 0 Å². The molecule has 0 fully saturated rings. The van der Waals surface area contributed by atoms with E-state index in [9.17, 15) is 0 Å². The molecule has 3 heteroatoms. The summed E-state index contributed by atoms with van der Waals surface area (Å²) in [6, 6.07) is 0. The maximum atomic E-state index is 2.22. The topological polar surface area (TPSA) is 0 Å². The number of rotatable bonds is 4. The van der Waals surface area contributed by atoms with Gasteiger partial charge in [-0.05, 0) is 10.8 Å². The van der Waals surface area contributed by atoms with E-state index in [1.54, 1.807) is 9.81 Å². The molecule has 2 aliphatic rings. The first-order valence-corrected chi connectivity index (χ1v) is 5.66. The zero-order valence-corrected chi connectivity index (χ0v) is 7.24. The van der Waals surface area contributed by atoms with Gasteiger partial charge < -0.3 is 0 Å². The smallest absolute Gasteiger partial charge is 0.0256 e. The molecule has 0 atom stereocenters. The van der Waals surface area contributed by atoms with E-state index >= 15 is 0 Å². The molecule has 0 aromatic rings. The van der Waals surface area contributed by atoms with Crippen molar-refractivity contribution < 1.29 is 0 Å². The van der Waals surface area contributed by atoms with Crippen LogP contribution in [0.3, 0.4) is 0 Å². The lowest BCUT2D eigenvalue weighted by Gasteiger charge is -1.89. The van der Waals surface area contributed by atoms with Crippen molar-refractivity contribution in [3.63, 3.8) is 0 Å². The van der Waals surface area contributed by atoms with Gasteiger partial charge in [-0.1, -0.05) is 0 Å². The monoisotopic (exact) mass is 174 g/mol. The van der Waals surface area contributed by atoms with Crippen LogP contribution in [0.25, 0.3) is 0 Å². The normalized spacial score (nSPS) is 20.9. The second-order valence-electron chi connectivity index (χ2n) is 1.90. The molecule has 2 rings (SSSR count). The van der Waals surface area contributed by atoms with Gasteiger partial charge in [-0.3, -0.25) is 0 Å². The lowest BCUT2D eigenvalue weighted by molar-refractivity contribution is 1.72. The SMILES string of the molecule is C1=C(CSCC2=CS2)S1. The number of hydrogen-bond acceptors (Lipinski definition) is 3. The maximum absolute atomic E-state index is 2.22. The molecule has 0 spiro atoms. The summed E-state index contributed by atoms with van der Waals surface area (Å²) in [5.41, 5.74) is 0. The van der Waals surface area contributed by atoms with Crippen molar-refractivity contribution >= 4 is 35.3 Å². The Kier molecular flexibility index (Phi) is 1.84. The van der Waals surface area contributed by atoms with E-state index in [2.05, 4.69) is 10.8 Å². The summed E-state index contributed by atoms with van der Waals surface area (Å²) in [6.45, 7) is 0. The molecule has 0 aliphatic carbocycles. The lowest BCUT2D eigenvalue weighted by Crippen LogP contribution is -1.74. The van der Waals surface area contributed by atoms with E-state index in [1.165, 1.54) is 11.5 Å². The van der Waals surface area contributed by atoms with Crippen LogP contribution in [0.1, 0.15) is 0 Å². The van der Waals surface area contributed by atoms with Gasteiger partial charge in [-0.25, -0.2) is 0 Å². The van der Waals surface area contributed by atoms with Crippen molar-refractivity contribution in [3.8, 4) is 0 Å². The Bertz CT molecular complexity index is 161. The van der Waals surface area contributed by atoms with E-state index in [4.69, 9.17) is 0 Å². The molecule has 2 heterocycles. The Morgan fingerprint density at radius 3 is 1.89 bits per heavy atom. The average molecular weight is 174 g/mol. The summed E-state index contributed by atoms with van der Waals surface area (Å²) in [5, 5.41) is 4.45. The van der Waals surface area contributed by atoms with Crippen molar-refractivity contribution in [2.24, 2.45) is 0 Å². The Balaban J connectivity index is 1.56. The second kappa shape index (κ2) is 2.64. The van der Waals surface area contributed by atoms with Crippen LogP contribution >= 0.6 is 35.3 Å². The van der Waals surface area contributed by atoms with Gasteiger partial charge in [0, 0.05) is 21.3 Å². The average Bonchev–Trinajstić information content (AvgIpc) is 2.57. The molecule has 0 N–H and O–H groups in total. The molecule has 0 nitrogen and oxygen atoms in total. The highest BCUT2D eigenvalue weighted by Crippen LogP contribution is 2.40. The molecule has 0 aromatic carbocycles. The fraction of sp³-hybridized carbons (Fsp3) is 0.333. The van der Waals surface area contributed by atoms with E-state index in [0.717, 1.165) is 0 Å². The first-order valence-electron chi connectivity index (χ1n) is 2.74. The highest BCUT2D eigenvalue weighted by molar-refractivity contribution is 8.15. The zero-order chi connectivity index (χ0) is 6.10. The lowest BCUT2D eigenvalue weighted by atomic mass is 10.7. The highest BCUT2D eigenvalue weighted by Gasteiger charge is 2.11. The van der Waals surface area contributed by atoms with Gasteiger partial charge in [0.1, 0.15) is 0 Å². The van der Waals surface area contributed by atoms with E-state index < -0.39 is 0 Å². The van der Waals surface area contributed by atoms with Gasteiger partial charge >= 0.3 is 0 Å². The zero-order valence-electron chi connectivity index (χ0n) is 4.79. The quantitative estimate of drug-likeness (QED) is 0.643. The molecule has 48 valence electrons. The van der Waals surface area contributed by atoms with Crippen LogP contribution < -0.4 is 0 Å². The molecule has 2 aliphatic heterocycles. The standard InChI is InChI=1S/C6H6S3/c1(5-3-8-5)7-2-6-4-9-6/h3-4H,1-2H2. The maximum Gasteiger partial charge on any atom is 0.0256 e. The predicted molar refractivity (Wildman–Crippen MR) is 48.7 cm³/mol. The molecule has 9 heavy (non-hydrogen) atoms. The third-order valence-electron chi connectivity index (χ3n) is 1.06. The predicted octanol–water partition coefficient (Wildman–Crippen LogP) is 2.90. The molecule has 0 unspecified atom stereocenters. The highest BCUT2D eigenvalue weighted by atomic mass is 32.2. The molecule has 0 saturated carbocycles. The van der Waals surface area contributed by atoms with Gasteiger partial charge in [-0.2, -0.15) is 11.8 Å². The molecule has 0 radical (unpaired) electrons. The van der Waals surface area contributed by atoms with Crippen LogP contribution in [0, 0.1) is 0 Å². The molecular weight excluding hydrogens is 168 g/mol. The molecule has 0 bridgehead atoms. The Morgan fingerprint density at radius 1 is 1.11 bits per heavy atom. The number of hydrogen-bond donors (Lipinski definition) is 0. The molecular formula is C6H6S3. The first kappa shape index (κ1) is 6.25. The summed E-state index contributed by atoms with van der Waals surface area (Å²) in [4.78, 5) is 3.12. The summed E-state index contributed by atoms with van der Waals surface area (Å²) in [5.74, 6) is 2.48. The van der Waals surface area contributed by atoms with Crippen LogP contribution in [-0.2, 0) is 0 Å². The largest absolute Gasteiger partial charge is 0.151 e. The molecule has 0 saturated heterocycles. The van der Waals surface area contributed by atoms with Gasteiger partial charge in [0.15, 0.2) is 0 Å². The van der Waals surface area contributed by atoms with E-state index in [1.807, 2.05) is 35.3 Å².